The molecular weight excluding hydrogens is 346 g/mol. The van der Waals surface area contributed by atoms with E-state index in [0.29, 0.717) is 19.1 Å². The largest absolute Gasteiger partial charge is 0.480 e. The molecule has 1 unspecified atom stereocenters. The first kappa shape index (κ1) is 22.1. The first-order chi connectivity index (χ1) is 13.0. The quantitative estimate of drug-likeness (QED) is 0.651. The number of likely N-dealkylation sites (tertiary alicyclic amines) is 1. The summed E-state index contributed by atoms with van der Waals surface area (Å²) in [5.41, 5.74) is 0. The second-order valence-corrected chi connectivity index (χ2v) is 7.68. The Balaban J connectivity index is 2.00. The molecule has 0 aromatic carbocycles. The predicted octanol–water partition coefficient (Wildman–Crippen LogP) is 1.52. The van der Waals surface area contributed by atoms with E-state index in [1.54, 1.807) is 0 Å². The number of piperidine rings is 1. The summed E-state index contributed by atoms with van der Waals surface area (Å²) < 4.78 is 5.49. The van der Waals surface area contributed by atoms with Gasteiger partial charge in [-0.25, -0.2) is 0 Å². The van der Waals surface area contributed by atoms with E-state index < -0.39 is 5.97 Å². The fraction of sp³-hybridized carbons (Fsp3) is 0.900. The molecule has 0 bridgehead atoms. The van der Waals surface area contributed by atoms with Gasteiger partial charge in [0.2, 0.25) is 5.91 Å². The fourth-order valence-corrected chi connectivity index (χ4v) is 4.56. The Bertz CT molecular complexity index is 470. The summed E-state index contributed by atoms with van der Waals surface area (Å²) in [5.74, 6) is -0.158. The molecule has 27 heavy (non-hydrogen) atoms. The number of hydrogen-bond acceptors (Lipinski definition) is 5. The molecule has 2 fully saturated rings. The molecule has 2 saturated heterocycles. The van der Waals surface area contributed by atoms with Crippen LogP contribution in [-0.4, -0.2) is 96.2 Å². The van der Waals surface area contributed by atoms with Crippen molar-refractivity contribution in [2.75, 3.05) is 52.5 Å². The molecule has 0 radical (unpaired) electrons. The van der Waals surface area contributed by atoms with Gasteiger partial charge in [0.15, 0.2) is 0 Å². The molecular formula is C20H37N3O4. The minimum Gasteiger partial charge on any atom is -0.480 e. The van der Waals surface area contributed by atoms with Crippen molar-refractivity contribution in [3.63, 3.8) is 0 Å². The molecule has 2 aliphatic heterocycles. The number of rotatable bonds is 9. The molecule has 1 N–H and O–H groups in total. The van der Waals surface area contributed by atoms with Crippen molar-refractivity contribution < 1.29 is 19.4 Å². The van der Waals surface area contributed by atoms with Crippen LogP contribution < -0.4 is 0 Å². The Hall–Kier alpha value is -1.18. The zero-order valence-corrected chi connectivity index (χ0v) is 17.2. The number of hydrogen-bond donors (Lipinski definition) is 1. The zero-order chi connectivity index (χ0) is 19.8. The summed E-state index contributed by atoms with van der Waals surface area (Å²) >= 11 is 0. The van der Waals surface area contributed by atoms with Gasteiger partial charge in [0, 0.05) is 32.2 Å². The highest BCUT2D eigenvalue weighted by molar-refractivity contribution is 5.82. The average Bonchev–Trinajstić information content (AvgIpc) is 2.70. The molecule has 1 atom stereocenters. The summed E-state index contributed by atoms with van der Waals surface area (Å²) in [6, 6.07) is 0.201. The normalized spacial score (nSPS) is 21.0. The predicted molar refractivity (Wildman–Crippen MR) is 105 cm³/mol. The highest BCUT2D eigenvalue weighted by atomic mass is 16.5. The molecule has 0 aliphatic carbocycles. The van der Waals surface area contributed by atoms with Crippen LogP contribution in [0, 0.1) is 5.92 Å². The summed E-state index contributed by atoms with van der Waals surface area (Å²) in [7, 11) is 0. The van der Waals surface area contributed by atoms with Crippen molar-refractivity contribution in [1.82, 2.24) is 14.7 Å². The Morgan fingerprint density at radius 1 is 1.07 bits per heavy atom. The van der Waals surface area contributed by atoms with E-state index >= 15 is 0 Å². The summed E-state index contributed by atoms with van der Waals surface area (Å²) in [6.45, 7) is 11.7. The zero-order valence-electron chi connectivity index (χ0n) is 17.2. The van der Waals surface area contributed by atoms with E-state index in [1.807, 2.05) is 16.7 Å². The number of carbonyl (C=O) groups excluding carboxylic acids is 1. The van der Waals surface area contributed by atoms with Gasteiger partial charge >= 0.3 is 5.97 Å². The van der Waals surface area contributed by atoms with Gasteiger partial charge in [-0.2, -0.15) is 0 Å². The van der Waals surface area contributed by atoms with Crippen molar-refractivity contribution in [2.24, 2.45) is 5.92 Å². The van der Waals surface area contributed by atoms with Crippen molar-refractivity contribution in [3.8, 4) is 0 Å². The average molecular weight is 384 g/mol. The van der Waals surface area contributed by atoms with Crippen molar-refractivity contribution in [3.05, 3.63) is 0 Å². The van der Waals surface area contributed by atoms with Crippen LogP contribution in [-0.2, 0) is 14.3 Å². The summed E-state index contributed by atoms with van der Waals surface area (Å²) in [4.78, 5) is 30.8. The van der Waals surface area contributed by atoms with E-state index in [-0.39, 0.29) is 24.5 Å². The first-order valence-corrected chi connectivity index (χ1v) is 10.6. The van der Waals surface area contributed by atoms with Gasteiger partial charge in [0.1, 0.15) is 0 Å². The third kappa shape index (κ3) is 5.90. The molecule has 0 saturated carbocycles. The maximum Gasteiger partial charge on any atom is 0.317 e. The number of carbonyl (C=O) groups is 2. The van der Waals surface area contributed by atoms with E-state index in [9.17, 15) is 9.59 Å². The highest BCUT2D eigenvalue weighted by Crippen LogP contribution is 2.25. The van der Waals surface area contributed by atoms with Crippen LogP contribution in [0.15, 0.2) is 0 Å². The number of carboxylic acid groups (broad SMARTS) is 1. The number of carboxylic acids is 1. The van der Waals surface area contributed by atoms with E-state index in [1.165, 1.54) is 0 Å². The molecule has 2 heterocycles. The Morgan fingerprint density at radius 3 is 2.15 bits per heavy atom. The first-order valence-electron chi connectivity index (χ1n) is 10.6. The molecule has 0 spiro atoms. The smallest absolute Gasteiger partial charge is 0.317 e. The van der Waals surface area contributed by atoms with E-state index in [2.05, 4.69) is 18.7 Å². The van der Waals surface area contributed by atoms with E-state index in [0.717, 1.165) is 58.4 Å². The van der Waals surface area contributed by atoms with Crippen LogP contribution in [0.1, 0.15) is 46.5 Å². The van der Waals surface area contributed by atoms with E-state index in [4.69, 9.17) is 9.84 Å². The molecule has 2 rings (SSSR count). The van der Waals surface area contributed by atoms with Gasteiger partial charge in [-0.3, -0.25) is 19.4 Å². The minimum atomic E-state index is -0.781. The molecule has 0 aromatic heterocycles. The SMILES string of the molecule is CCC(CC)C(C(=O)N1CCC(N(CC)CC(=O)O)CC1)N1CCOCC1. The van der Waals surface area contributed by atoms with Crippen LogP contribution in [0.25, 0.3) is 0 Å². The molecule has 0 aromatic rings. The molecule has 7 nitrogen and oxygen atoms in total. The lowest BCUT2D eigenvalue weighted by Gasteiger charge is -2.43. The van der Waals surface area contributed by atoms with Crippen LogP contribution in [0.5, 0.6) is 0 Å². The van der Waals surface area contributed by atoms with Crippen LogP contribution >= 0.6 is 0 Å². The van der Waals surface area contributed by atoms with Gasteiger partial charge in [0.05, 0.1) is 25.8 Å². The van der Waals surface area contributed by atoms with Gasteiger partial charge < -0.3 is 14.7 Å². The summed E-state index contributed by atoms with van der Waals surface area (Å²) in [5, 5.41) is 9.10. The Labute approximate surface area is 163 Å². The Kier molecular flexibility index (Phi) is 8.99. The number of aliphatic carboxylic acids is 1. The van der Waals surface area contributed by atoms with Gasteiger partial charge in [0.25, 0.3) is 0 Å². The maximum atomic E-state index is 13.4. The fourth-order valence-electron chi connectivity index (χ4n) is 4.56. The standard InChI is InChI=1S/C20H37N3O4/c1-4-16(5-2)19(22-11-13-27-14-12-22)20(26)23-9-7-17(8-10-23)21(6-3)15-18(24)25/h16-17,19H,4-15H2,1-3H3,(H,24,25). The van der Waals surface area contributed by atoms with Crippen LogP contribution in [0.4, 0.5) is 0 Å². The minimum absolute atomic E-state index is 0.0539. The lowest BCUT2D eigenvalue weighted by molar-refractivity contribution is -0.144. The third-order valence-electron chi connectivity index (χ3n) is 6.22. The number of amides is 1. The second kappa shape index (κ2) is 11.0. The monoisotopic (exact) mass is 383 g/mol. The number of nitrogens with zero attached hydrogens (tertiary/aromatic N) is 3. The van der Waals surface area contributed by atoms with Crippen LogP contribution in [0.2, 0.25) is 0 Å². The van der Waals surface area contributed by atoms with Crippen molar-refractivity contribution in [2.45, 2.75) is 58.5 Å². The maximum absolute atomic E-state index is 13.4. The third-order valence-corrected chi connectivity index (χ3v) is 6.22. The highest BCUT2D eigenvalue weighted by Gasteiger charge is 2.37. The number of likely N-dealkylation sites (N-methyl/N-ethyl adjacent to an activating group) is 1. The lowest BCUT2D eigenvalue weighted by atomic mass is 9.90. The lowest BCUT2D eigenvalue weighted by Crippen LogP contribution is -2.57. The molecule has 2 aliphatic rings. The van der Waals surface area contributed by atoms with Gasteiger partial charge in [-0.15, -0.1) is 0 Å². The van der Waals surface area contributed by atoms with Gasteiger partial charge in [-0.1, -0.05) is 33.6 Å². The Morgan fingerprint density at radius 2 is 1.67 bits per heavy atom. The summed E-state index contributed by atoms with van der Waals surface area (Å²) in [6.07, 6.45) is 3.71. The molecule has 7 heteroatoms. The number of morpholine rings is 1. The van der Waals surface area contributed by atoms with Gasteiger partial charge in [-0.05, 0) is 25.3 Å². The van der Waals surface area contributed by atoms with Crippen molar-refractivity contribution >= 4 is 11.9 Å². The second-order valence-electron chi connectivity index (χ2n) is 7.68. The topological polar surface area (TPSA) is 73.3 Å². The number of ether oxygens (including phenoxy) is 1. The molecule has 1 amide bonds. The van der Waals surface area contributed by atoms with Crippen LogP contribution in [0.3, 0.4) is 0 Å². The molecule has 156 valence electrons. The van der Waals surface area contributed by atoms with Crippen molar-refractivity contribution in [1.29, 1.82) is 0 Å².